The maximum Gasteiger partial charge on any atom is 0.150 e. The second kappa shape index (κ2) is 5.67. The zero-order chi connectivity index (χ0) is 12.3. The summed E-state index contributed by atoms with van der Waals surface area (Å²) in [6.45, 7) is 4.43. The summed E-state index contributed by atoms with van der Waals surface area (Å²) in [5.74, 6) is 0.874. The van der Waals surface area contributed by atoms with Crippen LogP contribution in [0.3, 0.4) is 0 Å². The van der Waals surface area contributed by atoms with E-state index in [1.807, 2.05) is 18.2 Å². The molecule has 0 amide bonds. The van der Waals surface area contributed by atoms with Gasteiger partial charge in [-0.25, -0.2) is 0 Å². The van der Waals surface area contributed by atoms with Crippen molar-refractivity contribution >= 4 is 27.9 Å². The summed E-state index contributed by atoms with van der Waals surface area (Å²) in [6.07, 6.45) is 4.77. The Morgan fingerprint density at radius 2 is 2.24 bits per heavy atom. The summed E-state index contributed by atoms with van der Waals surface area (Å²) in [6, 6.07) is 5.84. The molecule has 0 aliphatic heterocycles. The van der Waals surface area contributed by atoms with Gasteiger partial charge in [-0.15, -0.1) is 0 Å². The van der Waals surface area contributed by atoms with Crippen LogP contribution < -0.4 is 4.90 Å². The highest BCUT2D eigenvalue weighted by atomic mass is 79.9. The third-order valence-corrected chi connectivity index (χ3v) is 3.75. The standard InChI is InChI=1S/C14H18BrNO/c1-2-7-16(9-11-3-4-11)14-6-5-12(10-17)8-13(14)15/h5-6,8,10-11H,2-4,7,9H2,1H3. The molecule has 1 aromatic carbocycles. The van der Waals surface area contributed by atoms with Crippen LogP contribution in [0.5, 0.6) is 0 Å². The number of hydrogen-bond donors (Lipinski definition) is 0. The van der Waals surface area contributed by atoms with E-state index in [2.05, 4.69) is 27.8 Å². The first kappa shape index (κ1) is 12.6. The van der Waals surface area contributed by atoms with Crippen molar-refractivity contribution in [2.75, 3.05) is 18.0 Å². The number of halogens is 1. The number of aldehydes is 1. The van der Waals surface area contributed by atoms with Gasteiger partial charge in [-0.05, 0) is 59.3 Å². The minimum absolute atomic E-state index is 0.725. The average molecular weight is 296 g/mol. The summed E-state index contributed by atoms with van der Waals surface area (Å²) >= 11 is 3.57. The van der Waals surface area contributed by atoms with E-state index in [0.29, 0.717) is 0 Å². The minimum atomic E-state index is 0.725. The summed E-state index contributed by atoms with van der Waals surface area (Å²) in [4.78, 5) is 13.1. The number of hydrogen-bond acceptors (Lipinski definition) is 2. The first-order chi connectivity index (χ1) is 8.24. The molecule has 1 aliphatic carbocycles. The van der Waals surface area contributed by atoms with Gasteiger partial charge in [0.05, 0.1) is 5.69 Å². The van der Waals surface area contributed by atoms with Crippen LogP contribution in [0.1, 0.15) is 36.5 Å². The molecule has 1 aromatic rings. The Hall–Kier alpha value is -0.830. The topological polar surface area (TPSA) is 20.3 Å². The summed E-state index contributed by atoms with van der Waals surface area (Å²) in [7, 11) is 0. The van der Waals surface area contributed by atoms with Gasteiger partial charge in [0.25, 0.3) is 0 Å². The van der Waals surface area contributed by atoms with Crippen LogP contribution in [0.25, 0.3) is 0 Å². The molecule has 0 saturated heterocycles. The third-order valence-electron chi connectivity index (χ3n) is 3.12. The summed E-state index contributed by atoms with van der Waals surface area (Å²) < 4.78 is 1.02. The van der Waals surface area contributed by atoms with Crippen molar-refractivity contribution in [3.8, 4) is 0 Å². The molecule has 3 heteroatoms. The van der Waals surface area contributed by atoms with Gasteiger partial charge in [0.1, 0.15) is 6.29 Å². The lowest BCUT2D eigenvalue weighted by molar-refractivity contribution is 0.112. The second-order valence-corrected chi connectivity index (χ2v) is 5.57. The van der Waals surface area contributed by atoms with Gasteiger partial charge in [0.2, 0.25) is 0 Å². The van der Waals surface area contributed by atoms with Crippen molar-refractivity contribution in [2.24, 2.45) is 5.92 Å². The zero-order valence-corrected chi connectivity index (χ0v) is 11.7. The van der Waals surface area contributed by atoms with Crippen LogP contribution in [-0.4, -0.2) is 19.4 Å². The highest BCUT2D eigenvalue weighted by Gasteiger charge is 2.24. The van der Waals surface area contributed by atoms with Crippen molar-refractivity contribution in [2.45, 2.75) is 26.2 Å². The maximum absolute atomic E-state index is 10.7. The normalized spacial score (nSPS) is 14.7. The smallest absolute Gasteiger partial charge is 0.150 e. The molecule has 2 rings (SSSR count). The van der Waals surface area contributed by atoms with Crippen molar-refractivity contribution in [1.29, 1.82) is 0 Å². The van der Waals surface area contributed by atoms with Gasteiger partial charge in [-0.2, -0.15) is 0 Å². The molecule has 0 atom stereocenters. The summed E-state index contributed by atoms with van der Waals surface area (Å²) in [5, 5.41) is 0. The molecule has 1 saturated carbocycles. The van der Waals surface area contributed by atoms with E-state index in [-0.39, 0.29) is 0 Å². The van der Waals surface area contributed by atoms with Crippen LogP contribution >= 0.6 is 15.9 Å². The molecular formula is C14H18BrNO. The largest absolute Gasteiger partial charge is 0.370 e. The Kier molecular flexibility index (Phi) is 4.21. The molecule has 92 valence electrons. The maximum atomic E-state index is 10.7. The Balaban J connectivity index is 2.18. The monoisotopic (exact) mass is 295 g/mol. The fraction of sp³-hybridized carbons (Fsp3) is 0.500. The van der Waals surface area contributed by atoms with Crippen LogP contribution in [0, 0.1) is 5.92 Å². The number of rotatable bonds is 6. The van der Waals surface area contributed by atoms with Crippen LogP contribution in [0.2, 0.25) is 0 Å². The molecule has 0 radical (unpaired) electrons. The highest BCUT2D eigenvalue weighted by molar-refractivity contribution is 9.10. The molecule has 1 aliphatic rings. The van der Waals surface area contributed by atoms with Crippen molar-refractivity contribution in [1.82, 2.24) is 0 Å². The lowest BCUT2D eigenvalue weighted by atomic mass is 10.2. The molecule has 0 unspecified atom stereocenters. The zero-order valence-electron chi connectivity index (χ0n) is 10.2. The fourth-order valence-electron chi connectivity index (χ4n) is 2.05. The molecule has 0 bridgehead atoms. The van der Waals surface area contributed by atoms with Crippen molar-refractivity contribution in [3.63, 3.8) is 0 Å². The van der Waals surface area contributed by atoms with E-state index in [0.717, 1.165) is 41.8 Å². The fourth-order valence-corrected chi connectivity index (χ4v) is 2.69. The van der Waals surface area contributed by atoms with E-state index in [1.54, 1.807) is 0 Å². The first-order valence-corrected chi connectivity index (χ1v) is 7.03. The van der Waals surface area contributed by atoms with Crippen molar-refractivity contribution in [3.05, 3.63) is 28.2 Å². The lowest BCUT2D eigenvalue weighted by Gasteiger charge is -2.25. The number of carbonyl (C=O) groups is 1. The van der Waals surface area contributed by atoms with Crippen molar-refractivity contribution < 1.29 is 4.79 Å². The van der Waals surface area contributed by atoms with Gasteiger partial charge in [-0.1, -0.05) is 6.92 Å². The van der Waals surface area contributed by atoms with Crippen LogP contribution in [0.15, 0.2) is 22.7 Å². The first-order valence-electron chi connectivity index (χ1n) is 6.24. The average Bonchev–Trinajstić information content (AvgIpc) is 3.12. The molecule has 0 spiro atoms. The van der Waals surface area contributed by atoms with E-state index < -0.39 is 0 Å². The molecule has 0 heterocycles. The molecular weight excluding hydrogens is 278 g/mol. The predicted octanol–water partition coefficient (Wildman–Crippen LogP) is 3.89. The van der Waals surface area contributed by atoms with Gasteiger partial charge >= 0.3 is 0 Å². The molecule has 2 nitrogen and oxygen atoms in total. The predicted molar refractivity (Wildman–Crippen MR) is 74.8 cm³/mol. The van der Waals surface area contributed by atoms with E-state index >= 15 is 0 Å². The quantitative estimate of drug-likeness (QED) is 0.742. The van der Waals surface area contributed by atoms with Crippen LogP contribution in [-0.2, 0) is 0 Å². The Morgan fingerprint density at radius 3 is 2.76 bits per heavy atom. The second-order valence-electron chi connectivity index (χ2n) is 4.72. The lowest BCUT2D eigenvalue weighted by Crippen LogP contribution is -2.26. The number of benzene rings is 1. The summed E-state index contributed by atoms with van der Waals surface area (Å²) in [5.41, 5.74) is 1.94. The number of nitrogens with zero attached hydrogens (tertiary/aromatic N) is 1. The van der Waals surface area contributed by atoms with Gasteiger partial charge in [0, 0.05) is 23.1 Å². The van der Waals surface area contributed by atoms with E-state index in [9.17, 15) is 4.79 Å². The SMILES string of the molecule is CCCN(CC1CC1)c1ccc(C=O)cc1Br. The van der Waals surface area contributed by atoms with Crippen LogP contribution in [0.4, 0.5) is 5.69 Å². The minimum Gasteiger partial charge on any atom is -0.370 e. The van der Waals surface area contributed by atoms with Gasteiger partial charge < -0.3 is 4.90 Å². The Morgan fingerprint density at radius 1 is 1.47 bits per heavy atom. The van der Waals surface area contributed by atoms with Gasteiger partial charge in [-0.3, -0.25) is 4.79 Å². The van der Waals surface area contributed by atoms with E-state index in [1.165, 1.54) is 18.5 Å². The third kappa shape index (κ3) is 3.32. The molecule has 0 aromatic heterocycles. The molecule has 0 N–H and O–H groups in total. The number of carbonyl (C=O) groups excluding carboxylic acids is 1. The Bertz CT molecular complexity index is 401. The molecule has 17 heavy (non-hydrogen) atoms. The number of anilines is 1. The van der Waals surface area contributed by atoms with E-state index in [4.69, 9.17) is 0 Å². The molecule has 1 fully saturated rings. The highest BCUT2D eigenvalue weighted by Crippen LogP contribution is 2.34. The van der Waals surface area contributed by atoms with Gasteiger partial charge in [0.15, 0.2) is 0 Å². The Labute approximate surface area is 111 Å².